The van der Waals surface area contributed by atoms with Crippen molar-refractivity contribution in [1.29, 1.82) is 0 Å². The number of amides is 2. The number of hydrogen-bond donors (Lipinski definition) is 4. The summed E-state index contributed by atoms with van der Waals surface area (Å²) >= 11 is 5.17. The van der Waals surface area contributed by atoms with E-state index in [0.29, 0.717) is 22.4 Å². The zero-order valence-electron chi connectivity index (χ0n) is 14.1. The molecular formula is C18H20N4O3S. The zero-order valence-corrected chi connectivity index (χ0v) is 14.9. The van der Waals surface area contributed by atoms with E-state index in [4.69, 9.17) is 16.6 Å². The third-order valence-electron chi connectivity index (χ3n) is 4.13. The third kappa shape index (κ3) is 4.82. The molecule has 0 spiro atoms. The molecule has 0 radical (unpaired) electrons. The molecule has 0 aliphatic heterocycles. The fraction of sp³-hybridized carbons (Fsp3) is 0.278. The monoisotopic (exact) mass is 372 g/mol. The molecule has 2 amide bonds. The van der Waals surface area contributed by atoms with Crippen molar-refractivity contribution in [3.8, 4) is 0 Å². The van der Waals surface area contributed by atoms with Crippen LogP contribution in [-0.2, 0) is 0 Å². The average molecular weight is 372 g/mol. The quantitative estimate of drug-likeness (QED) is 0.487. The van der Waals surface area contributed by atoms with Gasteiger partial charge in [0.1, 0.15) is 0 Å². The molecule has 7 nitrogen and oxygen atoms in total. The van der Waals surface area contributed by atoms with Gasteiger partial charge in [0, 0.05) is 17.3 Å². The number of nitrogens with one attached hydrogen (secondary N) is 4. The number of benzene rings is 1. The molecule has 0 atom stereocenters. The Kier molecular flexibility index (Phi) is 5.85. The van der Waals surface area contributed by atoms with Crippen LogP contribution >= 0.6 is 12.2 Å². The molecule has 136 valence electrons. The lowest BCUT2D eigenvalue weighted by molar-refractivity contribution is 0.0943. The highest BCUT2D eigenvalue weighted by Gasteiger charge is 2.16. The van der Waals surface area contributed by atoms with Crippen LogP contribution in [0.4, 0.5) is 5.69 Å². The molecule has 26 heavy (non-hydrogen) atoms. The maximum atomic E-state index is 12.1. The summed E-state index contributed by atoms with van der Waals surface area (Å²) < 4.78 is 5.03. The van der Waals surface area contributed by atoms with Gasteiger partial charge in [-0.2, -0.15) is 0 Å². The van der Waals surface area contributed by atoms with Crippen molar-refractivity contribution in [1.82, 2.24) is 16.2 Å². The normalized spacial score (nSPS) is 13.8. The van der Waals surface area contributed by atoms with E-state index in [1.54, 1.807) is 36.4 Å². The van der Waals surface area contributed by atoms with Gasteiger partial charge in [-0.05, 0) is 61.5 Å². The molecule has 1 aliphatic carbocycles. The number of carbonyl (C=O) groups excluding carboxylic acids is 2. The molecule has 0 unspecified atom stereocenters. The van der Waals surface area contributed by atoms with E-state index in [2.05, 4.69) is 21.5 Å². The summed E-state index contributed by atoms with van der Waals surface area (Å²) in [4.78, 5) is 24.0. The van der Waals surface area contributed by atoms with Crippen molar-refractivity contribution in [3.05, 3.63) is 54.0 Å². The van der Waals surface area contributed by atoms with Crippen molar-refractivity contribution in [2.24, 2.45) is 0 Å². The van der Waals surface area contributed by atoms with Crippen LogP contribution in [0.15, 0.2) is 47.1 Å². The van der Waals surface area contributed by atoms with Crippen molar-refractivity contribution in [3.63, 3.8) is 0 Å². The Labute approximate surface area is 156 Å². The van der Waals surface area contributed by atoms with Gasteiger partial charge in [-0.25, -0.2) is 0 Å². The van der Waals surface area contributed by atoms with Crippen molar-refractivity contribution < 1.29 is 14.0 Å². The molecule has 1 aromatic carbocycles. The van der Waals surface area contributed by atoms with Crippen molar-refractivity contribution >= 4 is 34.8 Å². The Morgan fingerprint density at radius 3 is 2.38 bits per heavy atom. The number of thiocarbonyl (C=S) groups is 1. The minimum atomic E-state index is -0.350. The minimum absolute atomic E-state index is 0.222. The molecular weight excluding hydrogens is 352 g/mol. The highest BCUT2D eigenvalue weighted by molar-refractivity contribution is 7.80. The number of anilines is 1. The first-order valence-corrected chi connectivity index (χ1v) is 8.84. The summed E-state index contributed by atoms with van der Waals surface area (Å²) in [5.41, 5.74) is 6.28. The van der Waals surface area contributed by atoms with Gasteiger partial charge in [0.15, 0.2) is 10.9 Å². The van der Waals surface area contributed by atoms with Crippen LogP contribution in [0.25, 0.3) is 0 Å². The molecule has 0 bridgehead atoms. The van der Waals surface area contributed by atoms with Gasteiger partial charge in [-0.3, -0.25) is 20.4 Å². The number of rotatable bonds is 4. The SMILES string of the molecule is O=C(NNC(=S)NC1CCCC1)c1ccc(NC(=O)c2ccco2)cc1. The number of furan rings is 1. The van der Waals surface area contributed by atoms with Gasteiger partial charge < -0.3 is 15.1 Å². The molecule has 8 heteroatoms. The first-order valence-electron chi connectivity index (χ1n) is 8.43. The lowest BCUT2D eigenvalue weighted by Crippen LogP contribution is -2.49. The van der Waals surface area contributed by atoms with E-state index in [0.717, 1.165) is 12.8 Å². The van der Waals surface area contributed by atoms with E-state index < -0.39 is 0 Å². The van der Waals surface area contributed by atoms with Gasteiger partial charge in [0.25, 0.3) is 11.8 Å². The second kappa shape index (κ2) is 8.48. The lowest BCUT2D eigenvalue weighted by atomic mass is 10.2. The third-order valence-corrected chi connectivity index (χ3v) is 4.35. The molecule has 2 aromatic rings. The summed E-state index contributed by atoms with van der Waals surface area (Å²) in [6, 6.07) is 10.1. The van der Waals surface area contributed by atoms with Gasteiger partial charge in [-0.15, -0.1) is 0 Å². The second-order valence-corrected chi connectivity index (χ2v) is 6.45. The number of hydrogen-bond acceptors (Lipinski definition) is 4. The van der Waals surface area contributed by atoms with E-state index in [1.165, 1.54) is 19.1 Å². The standard InChI is InChI=1S/C18H20N4O3S/c23-16(21-22-18(26)20-13-4-1-2-5-13)12-7-9-14(10-8-12)19-17(24)15-6-3-11-25-15/h3,6-11,13H,1-2,4-5H2,(H,19,24)(H,21,23)(H2,20,22,26). The highest BCUT2D eigenvalue weighted by atomic mass is 32.1. The van der Waals surface area contributed by atoms with E-state index in [1.807, 2.05) is 0 Å². The van der Waals surface area contributed by atoms with Crippen LogP contribution in [0.2, 0.25) is 0 Å². The minimum Gasteiger partial charge on any atom is -0.459 e. The molecule has 1 aromatic heterocycles. The van der Waals surface area contributed by atoms with Gasteiger partial charge >= 0.3 is 0 Å². The van der Waals surface area contributed by atoms with Crippen LogP contribution in [0, 0.1) is 0 Å². The smallest absolute Gasteiger partial charge is 0.291 e. The largest absolute Gasteiger partial charge is 0.459 e. The van der Waals surface area contributed by atoms with Gasteiger partial charge in [0.2, 0.25) is 0 Å². The highest BCUT2D eigenvalue weighted by Crippen LogP contribution is 2.17. The lowest BCUT2D eigenvalue weighted by Gasteiger charge is -2.16. The summed E-state index contributed by atoms with van der Waals surface area (Å²) in [5.74, 6) is -0.444. The zero-order chi connectivity index (χ0) is 18.4. The maximum absolute atomic E-state index is 12.1. The predicted molar refractivity (Wildman–Crippen MR) is 102 cm³/mol. The van der Waals surface area contributed by atoms with E-state index in [9.17, 15) is 9.59 Å². The fourth-order valence-corrected chi connectivity index (χ4v) is 3.00. The van der Waals surface area contributed by atoms with Crippen molar-refractivity contribution in [2.75, 3.05) is 5.32 Å². The first kappa shape index (κ1) is 17.9. The summed E-state index contributed by atoms with van der Waals surface area (Å²) in [6.07, 6.45) is 6.04. The number of hydrazine groups is 1. The van der Waals surface area contributed by atoms with Crippen LogP contribution in [-0.4, -0.2) is 23.0 Å². The molecule has 4 N–H and O–H groups in total. The fourth-order valence-electron chi connectivity index (χ4n) is 2.78. The summed E-state index contributed by atoms with van der Waals surface area (Å²) in [7, 11) is 0. The molecule has 1 heterocycles. The Hall–Kier alpha value is -2.87. The van der Waals surface area contributed by atoms with Crippen LogP contribution in [0.1, 0.15) is 46.6 Å². The maximum Gasteiger partial charge on any atom is 0.291 e. The molecule has 1 aliphatic rings. The Morgan fingerprint density at radius 2 is 1.73 bits per heavy atom. The van der Waals surface area contributed by atoms with Crippen LogP contribution in [0.5, 0.6) is 0 Å². The van der Waals surface area contributed by atoms with Crippen LogP contribution < -0.4 is 21.5 Å². The second-order valence-electron chi connectivity index (χ2n) is 6.04. The number of carbonyl (C=O) groups is 2. The van der Waals surface area contributed by atoms with Crippen molar-refractivity contribution in [2.45, 2.75) is 31.7 Å². The summed E-state index contributed by atoms with van der Waals surface area (Å²) in [5, 5.41) is 6.28. The molecule has 0 saturated heterocycles. The van der Waals surface area contributed by atoms with E-state index in [-0.39, 0.29) is 17.6 Å². The molecule has 1 fully saturated rings. The van der Waals surface area contributed by atoms with E-state index >= 15 is 0 Å². The molecule has 1 saturated carbocycles. The molecule has 3 rings (SSSR count). The average Bonchev–Trinajstić information content (AvgIpc) is 3.34. The van der Waals surface area contributed by atoms with Crippen LogP contribution in [0.3, 0.4) is 0 Å². The van der Waals surface area contributed by atoms with Gasteiger partial charge in [0.05, 0.1) is 6.26 Å². The topological polar surface area (TPSA) is 95.4 Å². The Morgan fingerprint density at radius 1 is 1.00 bits per heavy atom. The van der Waals surface area contributed by atoms with Gasteiger partial charge in [-0.1, -0.05) is 12.8 Å². The Balaban J connectivity index is 1.47. The predicted octanol–water partition coefficient (Wildman–Crippen LogP) is 2.58. The summed E-state index contributed by atoms with van der Waals surface area (Å²) in [6.45, 7) is 0. The first-order chi connectivity index (χ1) is 12.6. The Bertz CT molecular complexity index is 768.